The number of sulfonamides is 1. The predicted octanol–water partition coefficient (Wildman–Crippen LogP) is 2.59. The van der Waals surface area contributed by atoms with Crippen molar-refractivity contribution in [3.63, 3.8) is 0 Å². The summed E-state index contributed by atoms with van der Waals surface area (Å²) in [5, 5.41) is 3.10. The van der Waals surface area contributed by atoms with Gasteiger partial charge in [0, 0.05) is 25.3 Å². The Morgan fingerprint density at radius 3 is 2.55 bits per heavy atom. The zero-order valence-corrected chi connectivity index (χ0v) is 17.5. The number of carbonyl (C=O) groups excluding carboxylic acids is 1. The van der Waals surface area contributed by atoms with Crippen LogP contribution in [0.15, 0.2) is 53.4 Å². The highest BCUT2D eigenvalue weighted by Crippen LogP contribution is 2.23. The molecule has 0 radical (unpaired) electrons. The predicted molar refractivity (Wildman–Crippen MR) is 113 cm³/mol. The second kappa shape index (κ2) is 10.1. The summed E-state index contributed by atoms with van der Waals surface area (Å²) in [6.45, 7) is 4.69. The third-order valence-electron chi connectivity index (χ3n) is 4.56. The molecule has 7 nitrogen and oxygen atoms in total. The average molecular weight is 438 g/mol. The molecule has 0 saturated carbocycles. The van der Waals surface area contributed by atoms with Crippen LogP contribution in [0.25, 0.3) is 0 Å². The molecule has 0 unspecified atom stereocenters. The van der Waals surface area contributed by atoms with Crippen molar-refractivity contribution >= 4 is 33.2 Å². The number of benzene rings is 2. The van der Waals surface area contributed by atoms with Crippen LogP contribution in [0.5, 0.6) is 0 Å². The van der Waals surface area contributed by atoms with Gasteiger partial charge in [-0.1, -0.05) is 29.8 Å². The maximum absolute atomic E-state index is 12.5. The van der Waals surface area contributed by atoms with E-state index in [0.717, 1.165) is 39.3 Å². The van der Waals surface area contributed by atoms with Gasteiger partial charge in [-0.05, 0) is 43.3 Å². The zero-order chi connectivity index (χ0) is 20.7. The summed E-state index contributed by atoms with van der Waals surface area (Å²) in [4.78, 5) is 14.9. The molecule has 29 heavy (non-hydrogen) atoms. The van der Waals surface area contributed by atoms with Crippen LogP contribution >= 0.6 is 11.6 Å². The highest BCUT2D eigenvalue weighted by molar-refractivity contribution is 7.92. The van der Waals surface area contributed by atoms with Crippen molar-refractivity contribution in [2.24, 2.45) is 0 Å². The summed E-state index contributed by atoms with van der Waals surface area (Å²) in [5.74, 6) is -0.335. The lowest BCUT2D eigenvalue weighted by atomic mass is 10.2. The number of hydrogen-bond acceptors (Lipinski definition) is 5. The van der Waals surface area contributed by atoms with Gasteiger partial charge in [-0.3, -0.25) is 14.4 Å². The summed E-state index contributed by atoms with van der Waals surface area (Å²) in [7, 11) is -3.74. The van der Waals surface area contributed by atoms with Gasteiger partial charge in [0.2, 0.25) is 0 Å². The SMILES string of the molecule is O=C(NCCCN1CCOCC1)c1cc(NS(=O)(=O)c2ccccc2)ccc1Cl. The van der Waals surface area contributed by atoms with E-state index in [1.54, 1.807) is 18.2 Å². The number of rotatable bonds is 8. The van der Waals surface area contributed by atoms with E-state index in [0.29, 0.717) is 6.54 Å². The van der Waals surface area contributed by atoms with E-state index < -0.39 is 10.0 Å². The Hall–Kier alpha value is -2.13. The monoisotopic (exact) mass is 437 g/mol. The lowest BCUT2D eigenvalue weighted by Gasteiger charge is -2.26. The molecule has 0 atom stereocenters. The number of nitrogens with one attached hydrogen (secondary N) is 2. The highest BCUT2D eigenvalue weighted by Gasteiger charge is 2.17. The maximum atomic E-state index is 12.5. The fraction of sp³-hybridized carbons (Fsp3) is 0.350. The fourth-order valence-electron chi connectivity index (χ4n) is 3.00. The third-order valence-corrected chi connectivity index (χ3v) is 6.28. The standard InChI is InChI=1S/C20H24ClN3O4S/c21-19-8-7-16(23-29(26,27)17-5-2-1-3-6-17)15-18(19)20(25)22-9-4-10-24-11-13-28-14-12-24/h1-3,5-8,15,23H,4,9-14H2,(H,22,25). The second-order valence-electron chi connectivity index (χ2n) is 6.68. The van der Waals surface area contributed by atoms with Crippen molar-refractivity contribution in [3.05, 3.63) is 59.1 Å². The Morgan fingerprint density at radius 1 is 1.10 bits per heavy atom. The van der Waals surface area contributed by atoms with Crippen LogP contribution < -0.4 is 10.0 Å². The molecule has 2 aromatic carbocycles. The van der Waals surface area contributed by atoms with Crippen LogP contribution in [-0.2, 0) is 14.8 Å². The van der Waals surface area contributed by atoms with Crippen LogP contribution in [0.1, 0.15) is 16.8 Å². The van der Waals surface area contributed by atoms with Crippen LogP contribution in [0, 0.1) is 0 Å². The molecule has 1 saturated heterocycles. The Kier molecular flexibility index (Phi) is 7.49. The molecule has 0 aliphatic carbocycles. The number of amides is 1. The first kappa shape index (κ1) is 21.6. The molecule has 1 heterocycles. The van der Waals surface area contributed by atoms with Crippen molar-refractivity contribution in [1.82, 2.24) is 10.2 Å². The summed E-state index contributed by atoms with van der Waals surface area (Å²) >= 11 is 6.15. The van der Waals surface area contributed by atoms with E-state index in [1.807, 2.05) is 0 Å². The van der Waals surface area contributed by atoms with E-state index in [9.17, 15) is 13.2 Å². The van der Waals surface area contributed by atoms with Gasteiger partial charge in [0.25, 0.3) is 15.9 Å². The topological polar surface area (TPSA) is 87.7 Å². The fourth-order valence-corrected chi connectivity index (χ4v) is 4.28. The number of carbonyl (C=O) groups is 1. The summed E-state index contributed by atoms with van der Waals surface area (Å²) in [6, 6.07) is 12.5. The molecule has 2 N–H and O–H groups in total. The normalized spacial score (nSPS) is 15.1. The minimum absolute atomic E-state index is 0.143. The van der Waals surface area contributed by atoms with Crippen molar-refractivity contribution in [2.45, 2.75) is 11.3 Å². The van der Waals surface area contributed by atoms with E-state index in [1.165, 1.54) is 30.3 Å². The molecule has 1 aliphatic heterocycles. The highest BCUT2D eigenvalue weighted by atomic mass is 35.5. The zero-order valence-electron chi connectivity index (χ0n) is 15.9. The Bertz CT molecular complexity index is 932. The van der Waals surface area contributed by atoms with Crippen molar-refractivity contribution in [1.29, 1.82) is 0 Å². The van der Waals surface area contributed by atoms with Crippen molar-refractivity contribution < 1.29 is 17.9 Å². The summed E-state index contributed by atoms with van der Waals surface area (Å²) in [5.41, 5.74) is 0.503. The van der Waals surface area contributed by atoms with E-state index in [-0.39, 0.29) is 27.1 Å². The molecular formula is C20H24ClN3O4S. The quantitative estimate of drug-likeness (QED) is 0.620. The first-order chi connectivity index (χ1) is 14.0. The van der Waals surface area contributed by atoms with E-state index in [2.05, 4.69) is 14.9 Å². The van der Waals surface area contributed by atoms with E-state index in [4.69, 9.17) is 16.3 Å². The number of nitrogens with zero attached hydrogens (tertiary/aromatic N) is 1. The average Bonchev–Trinajstić information content (AvgIpc) is 2.73. The number of hydrogen-bond donors (Lipinski definition) is 2. The van der Waals surface area contributed by atoms with Crippen LogP contribution in [0.3, 0.4) is 0 Å². The molecule has 1 aliphatic rings. The van der Waals surface area contributed by atoms with Gasteiger partial charge >= 0.3 is 0 Å². The van der Waals surface area contributed by atoms with Gasteiger partial charge in [0.05, 0.1) is 28.7 Å². The minimum Gasteiger partial charge on any atom is -0.379 e. The number of morpholine rings is 1. The molecule has 0 spiro atoms. The summed E-state index contributed by atoms with van der Waals surface area (Å²) < 4.78 is 32.7. The molecule has 3 rings (SSSR count). The van der Waals surface area contributed by atoms with Crippen molar-refractivity contribution in [2.75, 3.05) is 44.1 Å². The maximum Gasteiger partial charge on any atom is 0.261 e. The third kappa shape index (κ3) is 6.17. The Balaban J connectivity index is 1.58. The van der Waals surface area contributed by atoms with Gasteiger partial charge in [0.15, 0.2) is 0 Å². The molecule has 1 fully saturated rings. The van der Waals surface area contributed by atoms with Crippen LogP contribution in [-0.4, -0.2) is 58.6 Å². The molecule has 2 aromatic rings. The summed E-state index contributed by atoms with van der Waals surface area (Å²) in [6.07, 6.45) is 0.809. The van der Waals surface area contributed by atoms with Gasteiger partial charge in [-0.2, -0.15) is 0 Å². The number of ether oxygens (including phenoxy) is 1. The van der Waals surface area contributed by atoms with Gasteiger partial charge < -0.3 is 10.1 Å². The Labute approximate surface area is 176 Å². The van der Waals surface area contributed by atoms with Gasteiger partial charge in [-0.15, -0.1) is 0 Å². The molecule has 1 amide bonds. The number of halogens is 1. The molecular weight excluding hydrogens is 414 g/mol. The molecule has 0 bridgehead atoms. The van der Waals surface area contributed by atoms with Crippen LogP contribution in [0.4, 0.5) is 5.69 Å². The van der Waals surface area contributed by atoms with Crippen molar-refractivity contribution in [3.8, 4) is 0 Å². The van der Waals surface area contributed by atoms with Gasteiger partial charge in [-0.25, -0.2) is 8.42 Å². The smallest absolute Gasteiger partial charge is 0.261 e. The minimum atomic E-state index is -3.74. The molecule has 9 heteroatoms. The molecule has 156 valence electrons. The Morgan fingerprint density at radius 2 is 1.83 bits per heavy atom. The lowest BCUT2D eigenvalue weighted by Crippen LogP contribution is -2.38. The largest absolute Gasteiger partial charge is 0.379 e. The lowest BCUT2D eigenvalue weighted by molar-refractivity contribution is 0.0374. The molecule has 0 aromatic heterocycles. The first-order valence-electron chi connectivity index (χ1n) is 9.41. The second-order valence-corrected chi connectivity index (χ2v) is 8.77. The van der Waals surface area contributed by atoms with Crippen LogP contribution in [0.2, 0.25) is 5.02 Å². The number of anilines is 1. The van der Waals surface area contributed by atoms with Gasteiger partial charge in [0.1, 0.15) is 0 Å². The first-order valence-corrected chi connectivity index (χ1v) is 11.3. The van der Waals surface area contributed by atoms with E-state index >= 15 is 0 Å².